The van der Waals surface area contributed by atoms with Gasteiger partial charge >= 0.3 is 0 Å². The van der Waals surface area contributed by atoms with Crippen molar-refractivity contribution in [3.05, 3.63) is 27.9 Å². The van der Waals surface area contributed by atoms with E-state index in [9.17, 15) is 4.79 Å². The van der Waals surface area contributed by atoms with Crippen molar-refractivity contribution in [3.8, 4) is 11.8 Å². The fraction of sp³-hybridized carbons (Fsp3) is 0.250. The van der Waals surface area contributed by atoms with Crippen molar-refractivity contribution in [3.63, 3.8) is 0 Å². The monoisotopic (exact) mass is 148 g/mol. The standard InChI is InChI=1S/C8H8N2O/c1-3-4-7-6(2)9-5-8(11)10-7/h5H,1-2H3,(H,10,11). The molecule has 0 spiro atoms. The number of hydrogen-bond acceptors (Lipinski definition) is 2. The lowest BCUT2D eigenvalue weighted by molar-refractivity contribution is 1.05. The molecular weight excluding hydrogens is 140 g/mol. The SMILES string of the molecule is CC#Cc1[nH]c(=O)cnc1C. The van der Waals surface area contributed by atoms with Gasteiger partial charge in [0, 0.05) is 0 Å². The van der Waals surface area contributed by atoms with Gasteiger partial charge in [-0.1, -0.05) is 5.92 Å². The zero-order chi connectivity index (χ0) is 8.27. The van der Waals surface area contributed by atoms with Crippen molar-refractivity contribution in [1.82, 2.24) is 9.97 Å². The van der Waals surface area contributed by atoms with Crippen LogP contribution in [0.3, 0.4) is 0 Å². The fourth-order valence-electron chi connectivity index (χ4n) is 0.713. The summed E-state index contributed by atoms with van der Waals surface area (Å²) in [6, 6.07) is 0. The summed E-state index contributed by atoms with van der Waals surface area (Å²) in [5, 5.41) is 0. The van der Waals surface area contributed by atoms with Crippen molar-refractivity contribution < 1.29 is 0 Å². The number of aromatic amines is 1. The van der Waals surface area contributed by atoms with Crippen LogP contribution in [0.25, 0.3) is 0 Å². The quantitative estimate of drug-likeness (QED) is 0.543. The number of aryl methyl sites for hydroxylation is 1. The molecule has 0 saturated carbocycles. The summed E-state index contributed by atoms with van der Waals surface area (Å²) in [7, 11) is 0. The highest BCUT2D eigenvalue weighted by molar-refractivity contribution is 5.29. The molecule has 0 aromatic carbocycles. The van der Waals surface area contributed by atoms with Gasteiger partial charge in [0.25, 0.3) is 5.56 Å². The van der Waals surface area contributed by atoms with Gasteiger partial charge in [-0.25, -0.2) is 0 Å². The Labute approximate surface area is 64.5 Å². The highest BCUT2D eigenvalue weighted by Crippen LogP contribution is 1.92. The highest BCUT2D eigenvalue weighted by atomic mass is 16.1. The minimum absolute atomic E-state index is 0.214. The van der Waals surface area contributed by atoms with Gasteiger partial charge in [-0.15, -0.1) is 0 Å². The molecule has 1 aromatic rings. The Morgan fingerprint density at radius 2 is 2.36 bits per heavy atom. The van der Waals surface area contributed by atoms with Crippen LogP contribution in [-0.2, 0) is 0 Å². The van der Waals surface area contributed by atoms with E-state index in [1.165, 1.54) is 6.20 Å². The molecule has 0 radical (unpaired) electrons. The predicted molar refractivity (Wildman–Crippen MR) is 42.1 cm³/mol. The second kappa shape index (κ2) is 3.02. The average Bonchev–Trinajstić information content (AvgIpc) is 1.98. The Morgan fingerprint density at radius 1 is 1.64 bits per heavy atom. The third kappa shape index (κ3) is 1.68. The molecule has 1 heterocycles. The smallest absolute Gasteiger partial charge is 0.267 e. The van der Waals surface area contributed by atoms with E-state index >= 15 is 0 Å². The van der Waals surface area contributed by atoms with Crippen LogP contribution < -0.4 is 5.56 Å². The molecule has 0 amide bonds. The van der Waals surface area contributed by atoms with Gasteiger partial charge in [0.1, 0.15) is 5.69 Å². The van der Waals surface area contributed by atoms with E-state index in [4.69, 9.17) is 0 Å². The summed E-state index contributed by atoms with van der Waals surface area (Å²) in [5.41, 5.74) is 1.13. The van der Waals surface area contributed by atoms with Gasteiger partial charge in [0.2, 0.25) is 0 Å². The number of rotatable bonds is 0. The molecular formula is C8H8N2O. The molecule has 56 valence electrons. The maximum atomic E-state index is 10.7. The number of nitrogens with zero attached hydrogens (tertiary/aromatic N) is 1. The molecule has 1 rings (SSSR count). The van der Waals surface area contributed by atoms with Gasteiger partial charge in [0.05, 0.1) is 11.9 Å². The Hall–Kier alpha value is -1.56. The second-order valence-electron chi connectivity index (χ2n) is 2.08. The highest BCUT2D eigenvalue weighted by Gasteiger charge is 1.94. The lowest BCUT2D eigenvalue weighted by atomic mass is 10.3. The third-order valence-corrected chi connectivity index (χ3v) is 1.24. The maximum absolute atomic E-state index is 10.7. The Morgan fingerprint density at radius 3 is 3.00 bits per heavy atom. The first-order valence-corrected chi connectivity index (χ1v) is 3.22. The summed E-state index contributed by atoms with van der Waals surface area (Å²) >= 11 is 0. The van der Waals surface area contributed by atoms with Crippen molar-refractivity contribution in [2.45, 2.75) is 13.8 Å². The van der Waals surface area contributed by atoms with Crippen LogP contribution in [0.15, 0.2) is 11.0 Å². The van der Waals surface area contributed by atoms with E-state index in [0.29, 0.717) is 5.69 Å². The summed E-state index contributed by atoms with van der Waals surface area (Å²) in [6.45, 7) is 3.51. The van der Waals surface area contributed by atoms with Gasteiger partial charge in [-0.2, -0.15) is 0 Å². The van der Waals surface area contributed by atoms with Crippen LogP contribution in [0, 0.1) is 18.8 Å². The van der Waals surface area contributed by atoms with Crippen LogP contribution in [0.2, 0.25) is 0 Å². The molecule has 0 aliphatic carbocycles. The van der Waals surface area contributed by atoms with E-state index in [0.717, 1.165) is 5.69 Å². The second-order valence-corrected chi connectivity index (χ2v) is 2.08. The topological polar surface area (TPSA) is 45.8 Å². The first-order valence-electron chi connectivity index (χ1n) is 3.22. The summed E-state index contributed by atoms with van der Waals surface area (Å²) in [5.74, 6) is 5.44. The fourth-order valence-corrected chi connectivity index (χ4v) is 0.713. The molecule has 0 aliphatic heterocycles. The van der Waals surface area contributed by atoms with E-state index in [1.54, 1.807) is 13.8 Å². The first-order chi connectivity index (χ1) is 5.24. The van der Waals surface area contributed by atoms with Crippen molar-refractivity contribution >= 4 is 0 Å². The number of H-pyrrole nitrogens is 1. The lowest BCUT2D eigenvalue weighted by Gasteiger charge is -1.93. The van der Waals surface area contributed by atoms with Gasteiger partial charge < -0.3 is 4.98 Å². The largest absolute Gasteiger partial charge is 0.313 e. The maximum Gasteiger partial charge on any atom is 0.267 e. The van der Waals surface area contributed by atoms with Crippen LogP contribution >= 0.6 is 0 Å². The predicted octanol–water partition coefficient (Wildman–Crippen LogP) is 0.450. The van der Waals surface area contributed by atoms with Gasteiger partial charge in [0.15, 0.2) is 0 Å². The average molecular weight is 148 g/mol. The molecule has 0 bridgehead atoms. The van der Waals surface area contributed by atoms with Crippen molar-refractivity contribution in [2.75, 3.05) is 0 Å². The Kier molecular flexibility index (Phi) is 2.07. The summed E-state index contributed by atoms with van der Waals surface area (Å²) < 4.78 is 0. The van der Waals surface area contributed by atoms with Crippen LogP contribution in [0.5, 0.6) is 0 Å². The Bertz CT molecular complexity index is 368. The van der Waals surface area contributed by atoms with Gasteiger partial charge in [-0.05, 0) is 19.8 Å². The van der Waals surface area contributed by atoms with E-state index in [-0.39, 0.29) is 5.56 Å². The Balaban J connectivity index is 3.31. The molecule has 1 N–H and O–H groups in total. The van der Waals surface area contributed by atoms with Crippen LogP contribution in [0.1, 0.15) is 18.3 Å². The molecule has 0 fully saturated rings. The van der Waals surface area contributed by atoms with E-state index < -0.39 is 0 Å². The van der Waals surface area contributed by atoms with Crippen LogP contribution in [-0.4, -0.2) is 9.97 Å². The zero-order valence-corrected chi connectivity index (χ0v) is 6.43. The lowest BCUT2D eigenvalue weighted by Crippen LogP contribution is -2.08. The van der Waals surface area contributed by atoms with Gasteiger partial charge in [-0.3, -0.25) is 9.78 Å². The zero-order valence-electron chi connectivity index (χ0n) is 6.43. The van der Waals surface area contributed by atoms with E-state index in [1.807, 2.05) is 0 Å². The minimum atomic E-state index is -0.214. The molecule has 0 unspecified atom stereocenters. The molecule has 11 heavy (non-hydrogen) atoms. The third-order valence-electron chi connectivity index (χ3n) is 1.24. The van der Waals surface area contributed by atoms with Crippen molar-refractivity contribution in [2.24, 2.45) is 0 Å². The molecule has 3 nitrogen and oxygen atoms in total. The molecule has 0 atom stereocenters. The molecule has 1 aromatic heterocycles. The number of nitrogens with one attached hydrogen (secondary N) is 1. The summed E-state index contributed by atoms with van der Waals surface area (Å²) in [4.78, 5) is 17.2. The molecule has 0 aliphatic rings. The van der Waals surface area contributed by atoms with Crippen LogP contribution in [0.4, 0.5) is 0 Å². The summed E-state index contributed by atoms with van der Waals surface area (Å²) in [6.07, 6.45) is 1.25. The van der Waals surface area contributed by atoms with E-state index in [2.05, 4.69) is 21.8 Å². The molecule has 0 saturated heterocycles. The molecule has 3 heteroatoms. The number of hydrogen-bond donors (Lipinski definition) is 1. The van der Waals surface area contributed by atoms with Crippen molar-refractivity contribution in [1.29, 1.82) is 0 Å². The first kappa shape index (κ1) is 7.55. The number of aromatic nitrogens is 2. The minimum Gasteiger partial charge on any atom is -0.313 e. The normalized spacial score (nSPS) is 8.55.